The van der Waals surface area contributed by atoms with Gasteiger partial charge in [-0.25, -0.2) is 0 Å². The third-order valence-electron chi connectivity index (χ3n) is 13.5. The molecule has 3 aliphatic carbocycles. The highest BCUT2D eigenvalue weighted by molar-refractivity contribution is 14.1. The van der Waals surface area contributed by atoms with Crippen molar-refractivity contribution in [2.24, 2.45) is 11.3 Å². The van der Waals surface area contributed by atoms with Crippen LogP contribution >= 0.6 is 33.9 Å². The maximum absolute atomic E-state index is 2.84. The predicted octanol–water partition coefficient (Wildman–Crippen LogP) is 12.9. The summed E-state index contributed by atoms with van der Waals surface area (Å²) in [5.41, 5.74) is 21.7. The lowest BCUT2D eigenvalue weighted by Crippen LogP contribution is -2.62. The monoisotopic (exact) mass is 842 g/mol. The van der Waals surface area contributed by atoms with Crippen molar-refractivity contribution in [3.8, 4) is 0 Å². The fourth-order valence-electron chi connectivity index (χ4n) is 10.8. The summed E-state index contributed by atoms with van der Waals surface area (Å²) in [6.07, 6.45) is 14.8. The van der Waals surface area contributed by atoms with Crippen molar-refractivity contribution < 1.29 is 0 Å². The second-order valence-corrected chi connectivity index (χ2v) is 22.1. The van der Waals surface area contributed by atoms with Crippen LogP contribution < -0.4 is 25.5 Å². The van der Waals surface area contributed by atoms with Gasteiger partial charge < -0.3 is 9.80 Å². The Labute approximate surface area is 343 Å². The molecule has 4 unspecified atom stereocenters. The molecule has 5 aliphatic rings. The van der Waals surface area contributed by atoms with E-state index in [1.807, 2.05) is 0 Å². The molecule has 4 aromatic rings. The molecule has 5 heteroatoms. The van der Waals surface area contributed by atoms with E-state index in [-0.39, 0.29) is 21.6 Å². The summed E-state index contributed by atoms with van der Waals surface area (Å²) in [4.78, 5) is 7.12. The average Bonchev–Trinajstić information content (AvgIpc) is 3.52. The first kappa shape index (κ1) is 36.6. The predicted molar refractivity (Wildman–Crippen MR) is 246 cm³/mol. The maximum atomic E-state index is 2.84. The highest BCUT2D eigenvalue weighted by atomic mass is 127. The minimum Gasteiger partial charge on any atom is -0.334 e. The molecule has 2 aliphatic heterocycles. The molecule has 3 aromatic carbocycles. The number of thiophene rings is 1. The van der Waals surface area contributed by atoms with E-state index < -0.39 is 0 Å². The number of rotatable bonds is 3. The van der Waals surface area contributed by atoms with Gasteiger partial charge in [-0.1, -0.05) is 111 Å². The molecule has 0 radical (unpaired) electrons. The second-order valence-electron chi connectivity index (χ2n) is 18.6. The van der Waals surface area contributed by atoms with E-state index in [0.29, 0.717) is 11.8 Å². The number of fused-ring (bicyclic) bond motifs is 6. The van der Waals surface area contributed by atoms with Crippen LogP contribution in [0.5, 0.6) is 0 Å². The van der Waals surface area contributed by atoms with Gasteiger partial charge in [-0.05, 0) is 153 Å². The number of para-hydroxylation sites is 1. The summed E-state index contributed by atoms with van der Waals surface area (Å²) in [5, 5.41) is 0. The number of alkyl halides is 1. The fourth-order valence-corrected chi connectivity index (χ4v) is 13.4. The van der Waals surface area contributed by atoms with Crippen molar-refractivity contribution in [3.63, 3.8) is 0 Å². The highest BCUT2D eigenvalue weighted by Gasteiger charge is 2.50. The number of benzene rings is 3. The van der Waals surface area contributed by atoms with Gasteiger partial charge in [-0.2, -0.15) is 11.3 Å². The van der Waals surface area contributed by atoms with Crippen LogP contribution in [-0.2, 0) is 3.42 Å². The number of aryl methyl sites for hydroxylation is 3. The molecule has 54 heavy (non-hydrogen) atoms. The van der Waals surface area contributed by atoms with E-state index in [9.17, 15) is 0 Å². The number of allylic oxidation sites excluding steroid dienone is 4. The molecule has 0 spiro atoms. The first-order valence-electron chi connectivity index (χ1n) is 20.5. The Kier molecular flexibility index (Phi) is 8.82. The van der Waals surface area contributed by atoms with E-state index in [4.69, 9.17) is 0 Å². The minimum atomic E-state index is 0.0833. The number of anilines is 5. The first-order valence-corrected chi connectivity index (χ1v) is 22.4. The zero-order valence-corrected chi connectivity index (χ0v) is 37.1. The lowest BCUT2D eigenvalue weighted by Gasteiger charge is -2.47. The molecule has 1 aromatic heterocycles. The normalized spacial score (nSPS) is 24.6. The van der Waals surface area contributed by atoms with Gasteiger partial charge in [0, 0.05) is 35.7 Å². The quantitative estimate of drug-likeness (QED) is 0.101. The fraction of sp³-hybridized carbons (Fsp3) is 0.429. The topological polar surface area (TPSA) is 6.48 Å². The van der Waals surface area contributed by atoms with Gasteiger partial charge in [-0.3, -0.25) is 0 Å². The van der Waals surface area contributed by atoms with Crippen LogP contribution in [0.1, 0.15) is 126 Å². The van der Waals surface area contributed by atoms with Crippen molar-refractivity contribution in [1.82, 2.24) is 0 Å². The molecular weight excluding hydrogens is 786 g/mol. The average molecular weight is 843 g/mol. The van der Waals surface area contributed by atoms with E-state index in [1.54, 1.807) is 26.4 Å². The lowest BCUT2D eigenvalue weighted by atomic mass is 9.36. The summed E-state index contributed by atoms with van der Waals surface area (Å²) >= 11 is 4.99. The Balaban J connectivity index is 1.38. The standard InChI is InChI=1S/C49H56BIN2S/c1-28-25-39-43-40(26-28)53(44-31(4)15-12-16-32(44)5)38-22-17-34(41-29(2)13-11-14-30(41)3)27-37(38)50(43)47-45(42-46(54-47)33(6)23-24-49(42,10)51)52(39)36-20-18-35(19-21-36)48(7,8)9/h12,15-20,22,25-27,29,33,36H,11,13-14,21,23-24H2,1-10H3. The van der Waals surface area contributed by atoms with Crippen LogP contribution in [0.25, 0.3) is 5.57 Å². The van der Waals surface area contributed by atoms with Crippen molar-refractivity contribution in [1.29, 1.82) is 0 Å². The van der Waals surface area contributed by atoms with E-state index in [0.717, 1.165) is 6.42 Å². The molecule has 278 valence electrons. The van der Waals surface area contributed by atoms with Crippen LogP contribution in [0.4, 0.5) is 28.4 Å². The number of nitrogens with zero attached hydrogens (tertiary/aromatic N) is 2. The lowest BCUT2D eigenvalue weighted by molar-refractivity contribution is 0.509. The summed E-state index contributed by atoms with van der Waals surface area (Å²) in [7, 11) is 0. The minimum absolute atomic E-state index is 0.0833. The second kappa shape index (κ2) is 13.0. The highest BCUT2D eigenvalue weighted by Crippen LogP contribution is 2.56. The van der Waals surface area contributed by atoms with Crippen LogP contribution in [0, 0.1) is 32.1 Å². The van der Waals surface area contributed by atoms with Crippen molar-refractivity contribution in [2.75, 3.05) is 9.80 Å². The third-order valence-corrected chi connectivity index (χ3v) is 16.0. The Morgan fingerprint density at radius 2 is 1.63 bits per heavy atom. The molecular formula is C49H56BIN2S. The van der Waals surface area contributed by atoms with Crippen LogP contribution in [0.15, 0.2) is 77.9 Å². The largest absolute Gasteiger partial charge is 0.334 e. The van der Waals surface area contributed by atoms with Crippen LogP contribution in [-0.4, -0.2) is 12.8 Å². The Hall–Kier alpha value is -3.03. The van der Waals surface area contributed by atoms with Gasteiger partial charge in [0.25, 0.3) is 6.71 Å². The van der Waals surface area contributed by atoms with Crippen molar-refractivity contribution in [3.05, 3.63) is 111 Å². The summed E-state index contributed by atoms with van der Waals surface area (Å²) in [6, 6.07) is 19.7. The van der Waals surface area contributed by atoms with E-state index in [1.165, 1.54) is 99.3 Å². The van der Waals surface area contributed by atoms with Crippen molar-refractivity contribution in [2.45, 2.75) is 123 Å². The van der Waals surface area contributed by atoms with Gasteiger partial charge >= 0.3 is 0 Å². The van der Waals surface area contributed by atoms with Gasteiger partial charge in [0.2, 0.25) is 0 Å². The third kappa shape index (κ3) is 5.59. The molecule has 3 heterocycles. The molecule has 0 N–H and O–H groups in total. The van der Waals surface area contributed by atoms with Crippen molar-refractivity contribution >= 4 is 90.4 Å². The Morgan fingerprint density at radius 1 is 0.889 bits per heavy atom. The molecule has 0 saturated heterocycles. The summed E-state index contributed by atoms with van der Waals surface area (Å²) in [6.45, 7) is 24.0. The SMILES string of the molecule is CC1=C(c2ccc3c(c2)B2c4sc5c(c4N(C4C=CC(C(C)(C)C)=CC4)c4cc(C)cc(c42)N3c2c(C)cccc2C)C(C)(I)CCC5C)C(C)CCC1. The molecule has 0 fully saturated rings. The molecule has 0 amide bonds. The summed E-state index contributed by atoms with van der Waals surface area (Å²) in [5.74, 6) is 1.15. The van der Waals surface area contributed by atoms with E-state index >= 15 is 0 Å². The Morgan fingerprint density at radius 3 is 2.31 bits per heavy atom. The maximum Gasteiger partial charge on any atom is 0.264 e. The molecule has 0 bridgehead atoms. The number of hydrogen-bond donors (Lipinski definition) is 0. The Bertz CT molecular complexity index is 2290. The van der Waals surface area contributed by atoms with Gasteiger partial charge in [0.1, 0.15) is 0 Å². The molecule has 0 saturated carbocycles. The molecule has 9 rings (SSSR count). The van der Waals surface area contributed by atoms with E-state index in [2.05, 4.69) is 180 Å². The zero-order valence-electron chi connectivity index (χ0n) is 34.1. The van der Waals surface area contributed by atoms with Gasteiger partial charge in [0.05, 0.1) is 17.4 Å². The number of hydrogen-bond acceptors (Lipinski definition) is 3. The van der Waals surface area contributed by atoms with Gasteiger partial charge in [0.15, 0.2) is 0 Å². The van der Waals surface area contributed by atoms with Crippen LogP contribution in [0.2, 0.25) is 0 Å². The van der Waals surface area contributed by atoms with Gasteiger partial charge in [-0.15, -0.1) is 0 Å². The molecule has 4 atom stereocenters. The number of halogens is 1. The van der Waals surface area contributed by atoms with Crippen LogP contribution in [0.3, 0.4) is 0 Å². The summed E-state index contributed by atoms with van der Waals surface area (Å²) < 4.78 is 1.65. The smallest absolute Gasteiger partial charge is 0.264 e. The first-order chi connectivity index (χ1) is 25.7. The zero-order chi connectivity index (χ0) is 38.0. The molecule has 2 nitrogen and oxygen atoms in total.